The molecule has 0 saturated heterocycles. The van der Waals surface area contributed by atoms with Crippen molar-refractivity contribution in [3.05, 3.63) is 46.4 Å². The molecule has 0 spiro atoms. The van der Waals surface area contributed by atoms with Crippen molar-refractivity contribution in [2.24, 2.45) is 5.92 Å². The minimum Gasteiger partial charge on any atom is -0.496 e. The molecule has 2 aromatic rings. The van der Waals surface area contributed by atoms with Crippen molar-refractivity contribution in [3.63, 3.8) is 0 Å². The van der Waals surface area contributed by atoms with Gasteiger partial charge in [-0.15, -0.1) is 11.3 Å². The second-order valence-corrected chi connectivity index (χ2v) is 6.47. The van der Waals surface area contributed by atoms with Crippen molar-refractivity contribution >= 4 is 11.3 Å². The Morgan fingerprint density at radius 2 is 2.19 bits per heavy atom. The number of hydrogen-bond donors (Lipinski definition) is 1. The van der Waals surface area contributed by atoms with Gasteiger partial charge in [0.1, 0.15) is 5.75 Å². The van der Waals surface area contributed by atoms with E-state index in [0.29, 0.717) is 5.92 Å². The van der Waals surface area contributed by atoms with Crippen molar-refractivity contribution in [2.75, 3.05) is 13.7 Å². The highest BCUT2D eigenvalue weighted by molar-refractivity contribution is 7.07. The summed E-state index contributed by atoms with van der Waals surface area (Å²) in [5.74, 6) is 1.55. The molecule has 1 N–H and O–H groups in total. The minimum absolute atomic E-state index is 0.559. The monoisotopic (exact) mass is 302 g/mol. The summed E-state index contributed by atoms with van der Waals surface area (Å²) in [6.07, 6.45) is 4.72. The van der Waals surface area contributed by atoms with E-state index < -0.39 is 0 Å². The molecule has 0 radical (unpaired) electrons. The first-order valence-electron chi connectivity index (χ1n) is 7.57. The molecule has 1 saturated carbocycles. The molecule has 1 fully saturated rings. The summed E-state index contributed by atoms with van der Waals surface area (Å²) in [5.41, 5.74) is 4.42. The smallest absolute Gasteiger partial charge is 0.122 e. The largest absolute Gasteiger partial charge is 0.496 e. The summed E-state index contributed by atoms with van der Waals surface area (Å²) >= 11 is 1.68. The van der Waals surface area contributed by atoms with Crippen molar-refractivity contribution in [2.45, 2.75) is 31.7 Å². The van der Waals surface area contributed by atoms with E-state index in [1.807, 2.05) is 17.6 Å². The van der Waals surface area contributed by atoms with Crippen molar-refractivity contribution in [1.29, 1.82) is 0 Å². The van der Waals surface area contributed by atoms with Crippen LogP contribution < -0.4 is 10.1 Å². The van der Waals surface area contributed by atoms with Gasteiger partial charge in [0.2, 0.25) is 0 Å². The molecular weight excluding hydrogens is 280 g/mol. The van der Waals surface area contributed by atoms with Gasteiger partial charge in [0, 0.05) is 11.4 Å². The molecule has 21 heavy (non-hydrogen) atoms. The Labute approximate surface area is 130 Å². The molecule has 112 valence electrons. The van der Waals surface area contributed by atoms with Gasteiger partial charge < -0.3 is 10.1 Å². The molecule has 1 unspecified atom stereocenters. The number of nitrogens with zero attached hydrogens (tertiary/aromatic N) is 1. The van der Waals surface area contributed by atoms with E-state index in [4.69, 9.17) is 4.74 Å². The Morgan fingerprint density at radius 3 is 2.90 bits per heavy atom. The predicted octanol–water partition coefficient (Wildman–Crippen LogP) is 3.31. The number of methoxy groups -OCH3 is 1. The molecule has 0 aliphatic heterocycles. The Hall–Kier alpha value is -1.39. The van der Waals surface area contributed by atoms with E-state index in [0.717, 1.165) is 31.2 Å². The van der Waals surface area contributed by atoms with Crippen LogP contribution in [0.3, 0.4) is 0 Å². The van der Waals surface area contributed by atoms with Crippen LogP contribution in [0.15, 0.2) is 35.2 Å². The molecule has 4 heteroatoms. The molecular formula is C17H22N2OS. The molecule has 0 bridgehead atoms. The number of hydrogen-bond acceptors (Lipinski definition) is 4. The molecule has 1 atom stereocenters. The molecule has 1 aliphatic carbocycles. The number of ether oxygens (including phenoxy) is 1. The van der Waals surface area contributed by atoms with Crippen LogP contribution in [0.4, 0.5) is 0 Å². The topological polar surface area (TPSA) is 34.1 Å². The first kappa shape index (κ1) is 14.5. The average Bonchev–Trinajstić information content (AvgIpc) is 3.21. The lowest BCUT2D eigenvalue weighted by Gasteiger charge is -2.18. The summed E-state index contributed by atoms with van der Waals surface area (Å²) in [6, 6.07) is 9.08. The zero-order chi connectivity index (χ0) is 14.5. The fraction of sp³-hybridized carbons (Fsp3) is 0.471. The summed E-state index contributed by atoms with van der Waals surface area (Å²) < 4.78 is 5.49. The van der Waals surface area contributed by atoms with E-state index in [-0.39, 0.29) is 0 Å². The van der Waals surface area contributed by atoms with Crippen LogP contribution in [0.2, 0.25) is 0 Å². The van der Waals surface area contributed by atoms with Crippen LogP contribution >= 0.6 is 11.3 Å². The van der Waals surface area contributed by atoms with E-state index in [2.05, 4.69) is 27.8 Å². The van der Waals surface area contributed by atoms with Gasteiger partial charge in [-0.1, -0.05) is 18.2 Å². The Balaban J connectivity index is 1.67. The predicted molar refractivity (Wildman–Crippen MR) is 87.0 cm³/mol. The summed E-state index contributed by atoms with van der Waals surface area (Å²) in [7, 11) is 1.75. The van der Waals surface area contributed by atoms with Crippen LogP contribution in [0, 0.1) is 5.92 Å². The zero-order valence-corrected chi connectivity index (χ0v) is 13.2. The van der Waals surface area contributed by atoms with Crippen molar-refractivity contribution in [3.8, 4) is 5.75 Å². The summed E-state index contributed by atoms with van der Waals surface area (Å²) in [6.45, 7) is 1.06. The lowest BCUT2D eigenvalue weighted by molar-refractivity contribution is 0.399. The maximum absolute atomic E-state index is 5.49. The number of rotatable bonds is 8. The van der Waals surface area contributed by atoms with E-state index in [1.165, 1.54) is 24.1 Å². The molecule has 1 aromatic carbocycles. The van der Waals surface area contributed by atoms with Gasteiger partial charge >= 0.3 is 0 Å². The van der Waals surface area contributed by atoms with Crippen LogP contribution in [-0.4, -0.2) is 24.7 Å². The van der Waals surface area contributed by atoms with E-state index in [9.17, 15) is 0 Å². The fourth-order valence-electron chi connectivity index (χ4n) is 2.65. The van der Waals surface area contributed by atoms with Crippen LogP contribution in [-0.2, 0) is 12.8 Å². The first-order valence-corrected chi connectivity index (χ1v) is 8.51. The highest BCUT2D eigenvalue weighted by Gasteiger charge is 2.22. The van der Waals surface area contributed by atoms with Gasteiger partial charge in [0.25, 0.3) is 0 Å². The molecule has 1 aromatic heterocycles. The number of thiazole rings is 1. The molecule has 3 nitrogen and oxygen atoms in total. The first-order chi connectivity index (χ1) is 10.3. The van der Waals surface area contributed by atoms with E-state index >= 15 is 0 Å². The van der Waals surface area contributed by atoms with Gasteiger partial charge in [0.15, 0.2) is 0 Å². The summed E-state index contributed by atoms with van der Waals surface area (Å²) in [4.78, 5) is 4.44. The molecule has 1 aliphatic rings. The maximum atomic E-state index is 5.49. The third-order valence-electron chi connectivity index (χ3n) is 3.95. The van der Waals surface area contributed by atoms with Crippen molar-refractivity contribution < 1.29 is 4.74 Å². The van der Waals surface area contributed by atoms with Gasteiger partial charge in [0.05, 0.1) is 18.3 Å². The lowest BCUT2D eigenvalue weighted by Crippen LogP contribution is -2.27. The van der Waals surface area contributed by atoms with Gasteiger partial charge in [-0.3, -0.25) is 0 Å². The fourth-order valence-corrected chi connectivity index (χ4v) is 3.23. The highest BCUT2D eigenvalue weighted by atomic mass is 32.1. The van der Waals surface area contributed by atoms with Crippen LogP contribution in [0.25, 0.3) is 0 Å². The SMILES string of the molecule is COc1ccccc1CC(CNC1CC1)Cc1cscn1. The molecule has 1 heterocycles. The number of nitrogens with one attached hydrogen (secondary N) is 1. The average molecular weight is 302 g/mol. The molecule has 3 rings (SSSR count). The summed E-state index contributed by atoms with van der Waals surface area (Å²) in [5, 5.41) is 5.82. The number of benzene rings is 1. The van der Waals surface area contributed by atoms with Gasteiger partial charge in [-0.2, -0.15) is 0 Å². The maximum Gasteiger partial charge on any atom is 0.122 e. The number of para-hydroxylation sites is 1. The van der Waals surface area contributed by atoms with Crippen LogP contribution in [0.1, 0.15) is 24.1 Å². The second kappa shape index (κ2) is 7.05. The zero-order valence-electron chi connectivity index (χ0n) is 12.4. The Morgan fingerprint density at radius 1 is 1.33 bits per heavy atom. The van der Waals surface area contributed by atoms with Crippen molar-refractivity contribution in [1.82, 2.24) is 10.3 Å². The molecule has 0 amide bonds. The third kappa shape index (κ3) is 4.29. The van der Waals surface area contributed by atoms with Gasteiger partial charge in [-0.25, -0.2) is 4.98 Å². The standard InChI is InChI=1S/C17H22N2OS/c1-20-17-5-3-2-4-14(17)8-13(10-18-15-6-7-15)9-16-11-21-12-19-16/h2-5,11-13,15,18H,6-10H2,1H3. The highest BCUT2D eigenvalue weighted by Crippen LogP contribution is 2.24. The number of aromatic nitrogens is 1. The van der Waals surface area contributed by atoms with E-state index in [1.54, 1.807) is 18.4 Å². The van der Waals surface area contributed by atoms with Gasteiger partial charge in [-0.05, 0) is 49.8 Å². The Kier molecular flexibility index (Phi) is 4.88. The third-order valence-corrected chi connectivity index (χ3v) is 4.59. The quantitative estimate of drug-likeness (QED) is 0.812. The lowest BCUT2D eigenvalue weighted by atomic mass is 9.94. The minimum atomic E-state index is 0.559. The second-order valence-electron chi connectivity index (χ2n) is 5.75. The Bertz CT molecular complexity index is 552. The normalized spacial score (nSPS) is 15.9. The van der Waals surface area contributed by atoms with Crippen LogP contribution in [0.5, 0.6) is 5.75 Å².